The number of anilines is 2. The molecule has 27 heavy (non-hydrogen) atoms. The molecule has 0 aliphatic carbocycles. The van der Waals surface area contributed by atoms with Crippen LogP contribution in [0, 0.1) is 0 Å². The normalized spacial score (nSPS) is 14.8. The maximum Gasteiger partial charge on any atom is 0.230 e. The summed E-state index contributed by atoms with van der Waals surface area (Å²) < 4.78 is 5.39. The monoisotopic (exact) mass is 361 g/mol. The molecule has 1 N–H and O–H groups in total. The van der Waals surface area contributed by atoms with E-state index < -0.39 is 0 Å². The number of benzene rings is 2. The predicted octanol–water partition coefficient (Wildman–Crippen LogP) is 3.16. The van der Waals surface area contributed by atoms with Crippen molar-refractivity contribution in [3.63, 3.8) is 0 Å². The average molecular weight is 361 g/mol. The first-order valence-electron chi connectivity index (χ1n) is 9.27. The highest BCUT2D eigenvalue weighted by atomic mass is 16.5. The minimum atomic E-state index is 0.546. The number of morpholine rings is 1. The van der Waals surface area contributed by atoms with Gasteiger partial charge in [0.25, 0.3) is 0 Å². The summed E-state index contributed by atoms with van der Waals surface area (Å²) in [6.45, 7) is 4.83. The molecule has 0 spiro atoms. The lowest BCUT2D eigenvalue weighted by Gasteiger charge is -2.26. The summed E-state index contributed by atoms with van der Waals surface area (Å²) in [7, 11) is 0. The Labute approximate surface area is 159 Å². The molecule has 2 heterocycles. The largest absolute Gasteiger partial charge is 0.379 e. The SMILES string of the molecule is c1ccc(-c2ncnc(Nc3ccc(CCN4CCOCC4)cc3)n2)cc1. The van der Waals surface area contributed by atoms with Gasteiger partial charge in [0.2, 0.25) is 5.95 Å². The second-order valence-electron chi connectivity index (χ2n) is 6.52. The summed E-state index contributed by atoms with van der Waals surface area (Å²) in [5.74, 6) is 1.21. The van der Waals surface area contributed by atoms with E-state index in [1.165, 1.54) is 11.9 Å². The number of nitrogens with one attached hydrogen (secondary N) is 1. The van der Waals surface area contributed by atoms with Gasteiger partial charge in [0.1, 0.15) is 6.33 Å². The Morgan fingerprint density at radius 2 is 1.70 bits per heavy atom. The Morgan fingerprint density at radius 3 is 2.48 bits per heavy atom. The number of hydrogen-bond acceptors (Lipinski definition) is 6. The molecule has 6 heteroatoms. The highest BCUT2D eigenvalue weighted by Gasteiger charge is 2.10. The van der Waals surface area contributed by atoms with E-state index in [1.807, 2.05) is 30.3 Å². The van der Waals surface area contributed by atoms with Crippen LogP contribution in [0.4, 0.5) is 11.6 Å². The van der Waals surface area contributed by atoms with Crippen LogP contribution in [0.25, 0.3) is 11.4 Å². The minimum Gasteiger partial charge on any atom is -0.379 e. The van der Waals surface area contributed by atoms with Gasteiger partial charge < -0.3 is 10.1 Å². The highest BCUT2D eigenvalue weighted by molar-refractivity contribution is 5.58. The molecule has 6 nitrogen and oxygen atoms in total. The van der Waals surface area contributed by atoms with Crippen LogP contribution in [-0.2, 0) is 11.2 Å². The third-order valence-electron chi connectivity index (χ3n) is 4.63. The van der Waals surface area contributed by atoms with E-state index in [0.29, 0.717) is 11.8 Å². The van der Waals surface area contributed by atoms with Crippen LogP contribution >= 0.6 is 0 Å². The van der Waals surface area contributed by atoms with Crippen molar-refractivity contribution in [1.29, 1.82) is 0 Å². The molecule has 0 amide bonds. The summed E-state index contributed by atoms with van der Waals surface area (Å²) in [5, 5.41) is 3.26. The predicted molar refractivity (Wildman–Crippen MR) is 106 cm³/mol. The third-order valence-corrected chi connectivity index (χ3v) is 4.63. The Bertz CT molecular complexity index is 848. The Kier molecular flexibility index (Phi) is 5.67. The minimum absolute atomic E-state index is 0.546. The van der Waals surface area contributed by atoms with Crippen LogP contribution in [-0.4, -0.2) is 52.7 Å². The van der Waals surface area contributed by atoms with Crippen molar-refractivity contribution in [1.82, 2.24) is 19.9 Å². The molecule has 138 valence electrons. The van der Waals surface area contributed by atoms with Gasteiger partial charge in [0.05, 0.1) is 13.2 Å². The van der Waals surface area contributed by atoms with E-state index in [2.05, 4.69) is 49.4 Å². The van der Waals surface area contributed by atoms with E-state index in [4.69, 9.17) is 4.74 Å². The molecule has 0 radical (unpaired) electrons. The molecule has 0 saturated carbocycles. The van der Waals surface area contributed by atoms with Crippen LogP contribution < -0.4 is 5.32 Å². The van der Waals surface area contributed by atoms with Crippen LogP contribution in [0.2, 0.25) is 0 Å². The fourth-order valence-electron chi connectivity index (χ4n) is 3.08. The van der Waals surface area contributed by atoms with Gasteiger partial charge in [-0.15, -0.1) is 0 Å². The summed E-state index contributed by atoms with van der Waals surface area (Å²) >= 11 is 0. The van der Waals surface area contributed by atoms with E-state index >= 15 is 0 Å². The van der Waals surface area contributed by atoms with Crippen LogP contribution in [0.15, 0.2) is 60.9 Å². The summed E-state index contributed by atoms with van der Waals surface area (Å²) in [5.41, 5.74) is 3.27. The molecule has 2 aromatic carbocycles. The van der Waals surface area contributed by atoms with Gasteiger partial charge in [-0.3, -0.25) is 4.90 Å². The topological polar surface area (TPSA) is 63.2 Å². The summed E-state index contributed by atoms with van der Waals surface area (Å²) in [6.07, 6.45) is 2.58. The number of hydrogen-bond donors (Lipinski definition) is 1. The Morgan fingerprint density at radius 1 is 0.926 bits per heavy atom. The molecule has 0 bridgehead atoms. The first kappa shape index (κ1) is 17.6. The Balaban J connectivity index is 1.37. The van der Waals surface area contributed by atoms with Crippen LogP contribution in [0.3, 0.4) is 0 Å². The molecule has 1 aromatic heterocycles. The smallest absolute Gasteiger partial charge is 0.230 e. The highest BCUT2D eigenvalue weighted by Crippen LogP contribution is 2.18. The third kappa shape index (κ3) is 4.87. The molecule has 0 unspecified atom stereocenters. The van der Waals surface area contributed by atoms with Gasteiger partial charge in [0.15, 0.2) is 5.82 Å². The maximum absolute atomic E-state index is 5.39. The van der Waals surface area contributed by atoms with Crippen molar-refractivity contribution < 1.29 is 4.74 Å². The van der Waals surface area contributed by atoms with Crippen molar-refractivity contribution in [2.45, 2.75) is 6.42 Å². The summed E-state index contributed by atoms with van der Waals surface area (Å²) in [6, 6.07) is 18.4. The molecule has 1 saturated heterocycles. The van der Waals surface area contributed by atoms with Crippen LogP contribution in [0.1, 0.15) is 5.56 Å². The zero-order valence-electron chi connectivity index (χ0n) is 15.2. The molecular weight excluding hydrogens is 338 g/mol. The molecule has 4 rings (SSSR count). The van der Waals surface area contributed by atoms with Gasteiger partial charge in [0, 0.05) is 30.9 Å². The van der Waals surface area contributed by atoms with Crippen molar-refractivity contribution in [2.24, 2.45) is 0 Å². The second kappa shape index (κ2) is 8.70. The molecule has 1 aliphatic heterocycles. The van der Waals surface area contributed by atoms with E-state index in [-0.39, 0.29) is 0 Å². The van der Waals surface area contributed by atoms with Gasteiger partial charge in [-0.05, 0) is 24.1 Å². The van der Waals surface area contributed by atoms with Crippen molar-refractivity contribution in [3.05, 3.63) is 66.5 Å². The van der Waals surface area contributed by atoms with Gasteiger partial charge in [-0.2, -0.15) is 4.98 Å². The van der Waals surface area contributed by atoms with Gasteiger partial charge in [-0.1, -0.05) is 42.5 Å². The number of aromatic nitrogens is 3. The fourth-order valence-corrected chi connectivity index (χ4v) is 3.08. The zero-order chi connectivity index (χ0) is 18.3. The molecule has 1 aliphatic rings. The van der Waals surface area contributed by atoms with E-state index in [9.17, 15) is 0 Å². The number of rotatable bonds is 6. The van der Waals surface area contributed by atoms with E-state index in [0.717, 1.165) is 50.5 Å². The van der Waals surface area contributed by atoms with Crippen molar-refractivity contribution in [2.75, 3.05) is 38.2 Å². The lowest BCUT2D eigenvalue weighted by atomic mass is 10.1. The zero-order valence-corrected chi connectivity index (χ0v) is 15.2. The fraction of sp³-hybridized carbons (Fsp3) is 0.286. The second-order valence-corrected chi connectivity index (χ2v) is 6.52. The number of nitrogens with zero attached hydrogens (tertiary/aromatic N) is 4. The van der Waals surface area contributed by atoms with Crippen LogP contribution in [0.5, 0.6) is 0 Å². The van der Waals surface area contributed by atoms with Crippen molar-refractivity contribution >= 4 is 11.6 Å². The quantitative estimate of drug-likeness (QED) is 0.728. The molecule has 1 fully saturated rings. The van der Waals surface area contributed by atoms with Gasteiger partial charge >= 0.3 is 0 Å². The Hall–Kier alpha value is -2.83. The van der Waals surface area contributed by atoms with E-state index in [1.54, 1.807) is 0 Å². The summed E-state index contributed by atoms with van der Waals surface area (Å²) in [4.78, 5) is 15.4. The van der Waals surface area contributed by atoms with Gasteiger partial charge in [-0.25, -0.2) is 9.97 Å². The average Bonchev–Trinajstić information content (AvgIpc) is 2.75. The van der Waals surface area contributed by atoms with Crippen molar-refractivity contribution in [3.8, 4) is 11.4 Å². The first-order valence-corrected chi connectivity index (χ1v) is 9.27. The number of ether oxygens (including phenoxy) is 1. The maximum atomic E-state index is 5.39. The lowest BCUT2D eigenvalue weighted by molar-refractivity contribution is 0.0384. The molecular formula is C21H23N5O. The lowest BCUT2D eigenvalue weighted by Crippen LogP contribution is -2.37. The molecule has 0 atom stereocenters. The first-order chi connectivity index (χ1) is 13.4. The standard InChI is InChI=1S/C21H23N5O/c1-2-4-18(5-3-1)20-22-16-23-21(25-20)24-19-8-6-17(7-9-19)10-11-26-12-14-27-15-13-26/h1-9,16H,10-15H2,(H,22,23,24,25). The molecule has 3 aromatic rings.